The Morgan fingerprint density at radius 2 is 2.00 bits per heavy atom. The Labute approximate surface area is 105 Å². The minimum Gasteiger partial charge on any atom is -0.395 e. The van der Waals surface area contributed by atoms with E-state index in [1.54, 1.807) is 4.90 Å². The first-order chi connectivity index (χ1) is 8.47. The van der Waals surface area contributed by atoms with Crippen LogP contribution in [-0.2, 0) is 4.79 Å². The fourth-order valence-corrected chi connectivity index (χ4v) is 3.13. The van der Waals surface area contributed by atoms with E-state index in [9.17, 15) is 25.2 Å². The van der Waals surface area contributed by atoms with Crippen molar-refractivity contribution in [1.82, 2.24) is 10.2 Å². The average molecular weight is 260 g/mol. The van der Waals surface area contributed by atoms with E-state index in [-0.39, 0.29) is 25.1 Å². The summed E-state index contributed by atoms with van der Waals surface area (Å²) >= 11 is 0. The largest absolute Gasteiger partial charge is 0.395 e. The first-order valence-electron chi connectivity index (χ1n) is 6.14. The van der Waals surface area contributed by atoms with Crippen LogP contribution in [0.15, 0.2) is 0 Å². The molecule has 7 nitrogen and oxygen atoms in total. The van der Waals surface area contributed by atoms with E-state index in [4.69, 9.17) is 0 Å². The molecular formula is C11H20N2O5. The number of fused-ring (bicyclic) bond motifs is 1. The lowest BCUT2D eigenvalue weighted by Crippen LogP contribution is -2.49. The van der Waals surface area contributed by atoms with Crippen molar-refractivity contribution in [2.45, 2.75) is 49.8 Å². The van der Waals surface area contributed by atoms with Crippen molar-refractivity contribution >= 4 is 5.91 Å². The number of nitrogens with one attached hydrogen (secondary N) is 1. The third kappa shape index (κ3) is 2.12. The number of rotatable bonds is 3. The molecular weight excluding hydrogens is 240 g/mol. The molecule has 7 heteroatoms. The number of carbonyl (C=O) groups excluding carboxylic acids is 1. The SMILES string of the molecule is CC(=O)NC[C@H]1[C@H](O)[C@H](O)C2[C@H](O)C[C@@H](CO)N21. The van der Waals surface area contributed by atoms with Crippen molar-refractivity contribution < 1.29 is 25.2 Å². The maximum atomic E-state index is 10.9. The van der Waals surface area contributed by atoms with Gasteiger partial charge < -0.3 is 25.7 Å². The first kappa shape index (κ1) is 13.7. The van der Waals surface area contributed by atoms with Crippen molar-refractivity contribution in [3.05, 3.63) is 0 Å². The van der Waals surface area contributed by atoms with Crippen LogP contribution >= 0.6 is 0 Å². The zero-order chi connectivity index (χ0) is 13.4. The number of carbonyl (C=O) groups is 1. The van der Waals surface area contributed by atoms with E-state index >= 15 is 0 Å². The van der Waals surface area contributed by atoms with Gasteiger partial charge >= 0.3 is 0 Å². The Balaban J connectivity index is 2.15. The highest BCUT2D eigenvalue weighted by Gasteiger charge is 2.56. The molecule has 2 saturated heterocycles. The third-order valence-electron chi connectivity index (χ3n) is 3.92. The molecule has 2 rings (SSSR count). The molecule has 0 aromatic carbocycles. The normalized spacial score (nSPS) is 44.1. The predicted octanol–water partition coefficient (Wildman–Crippen LogP) is -2.98. The lowest BCUT2D eigenvalue weighted by molar-refractivity contribution is -0.119. The number of nitrogens with zero attached hydrogens (tertiary/aromatic N) is 1. The Hall–Kier alpha value is -0.730. The maximum absolute atomic E-state index is 10.9. The van der Waals surface area contributed by atoms with Gasteiger partial charge in [0.25, 0.3) is 0 Å². The third-order valence-corrected chi connectivity index (χ3v) is 3.92. The van der Waals surface area contributed by atoms with Gasteiger partial charge in [0.15, 0.2) is 0 Å². The zero-order valence-electron chi connectivity index (χ0n) is 10.2. The van der Waals surface area contributed by atoms with E-state index in [0.29, 0.717) is 6.42 Å². The Morgan fingerprint density at radius 1 is 1.33 bits per heavy atom. The molecule has 0 radical (unpaired) electrons. The second kappa shape index (κ2) is 5.10. The molecule has 1 amide bonds. The van der Waals surface area contributed by atoms with Gasteiger partial charge in [0.1, 0.15) is 0 Å². The summed E-state index contributed by atoms with van der Waals surface area (Å²) in [5.41, 5.74) is 0. The van der Waals surface area contributed by atoms with Crippen LogP contribution in [0.1, 0.15) is 13.3 Å². The van der Waals surface area contributed by atoms with Crippen LogP contribution < -0.4 is 5.32 Å². The van der Waals surface area contributed by atoms with Gasteiger partial charge in [0.05, 0.1) is 37.0 Å². The molecule has 0 aromatic rings. The molecule has 18 heavy (non-hydrogen) atoms. The molecule has 2 heterocycles. The second-order valence-electron chi connectivity index (χ2n) is 5.06. The number of aliphatic hydroxyl groups excluding tert-OH is 4. The fraction of sp³-hybridized carbons (Fsp3) is 0.909. The molecule has 5 N–H and O–H groups in total. The lowest BCUT2D eigenvalue weighted by Gasteiger charge is -2.29. The Kier molecular flexibility index (Phi) is 3.88. The van der Waals surface area contributed by atoms with Gasteiger partial charge in [-0.05, 0) is 6.42 Å². The topological polar surface area (TPSA) is 113 Å². The molecule has 104 valence electrons. The quantitative estimate of drug-likeness (QED) is 0.370. The second-order valence-corrected chi connectivity index (χ2v) is 5.06. The van der Waals surface area contributed by atoms with Gasteiger partial charge in [0.2, 0.25) is 5.91 Å². The first-order valence-corrected chi connectivity index (χ1v) is 6.14. The lowest BCUT2D eigenvalue weighted by atomic mass is 10.0. The molecule has 0 saturated carbocycles. The molecule has 0 bridgehead atoms. The van der Waals surface area contributed by atoms with E-state index in [1.807, 2.05) is 0 Å². The zero-order valence-corrected chi connectivity index (χ0v) is 10.2. The number of amides is 1. The van der Waals surface area contributed by atoms with Gasteiger partial charge in [-0.1, -0.05) is 0 Å². The molecule has 2 aliphatic rings. The summed E-state index contributed by atoms with van der Waals surface area (Å²) in [5.74, 6) is -0.222. The highest BCUT2D eigenvalue weighted by atomic mass is 16.3. The Bertz CT molecular complexity index is 327. The standard InChI is InChI=1S/C11H20N2O5/c1-5(15)12-3-7-10(17)11(18)9-8(16)2-6(4-14)13(7)9/h6-11,14,16-18H,2-4H2,1H3,(H,12,15)/t6-,7-,8+,9?,10-,11+/m0/s1. The van der Waals surface area contributed by atoms with Crippen molar-refractivity contribution in [3.8, 4) is 0 Å². The molecule has 2 aliphatic heterocycles. The fourth-order valence-electron chi connectivity index (χ4n) is 3.13. The summed E-state index contributed by atoms with van der Waals surface area (Å²) in [7, 11) is 0. The summed E-state index contributed by atoms with van der Waals surface area (Å²) in [6.45, 7) is 1.41. The Morgan fingerprint density at radius 3 is 2.56 bits per heavy atom. The number of aliphatic hydroxyl groups is 4. The smallest absolute Gasteiger partial charge is 0.216 e. The maximum Gasteiger partial charge on any atom is 0.216 e. The van der Waals surface area contributed by atoms with Crippen molar-refractivity contribution in [3.63, 3.8) is 0 Å². The van der Waals surface area contributed by atoms with Crippen LogP contribution in [0.3, 0.4) is 0 Å². The van der Waals surface area contributed by atoms with Crippen LogP contribution in [-0.4, -0.2) is 80.8 Å². The van der Waals surface area contributed by atoms with E-state index in [1.165, 1.54) is 6.92 Å². The summed E-state index contributed by atoms with van der Waals surface area (Å²) < 4.78 is 0. The minimum atomic E-state index is -1.06. The molecule has 2 fully saturated rings. The highest BCUT2D eigenvalue weighted by Crippen LogP contribution is 2.37. The van der Waals surface area contributed by atoms with E-state index in [2.05, 4.69) is 5.32 Å². The van der Waals surface area contributed by atoms with E-state index < -0.39 is 30.4 Å². The minimum absolute atomic E-state index is 0.149. The molecule has 0 aromatic heterocycles. The van der Waals surface area contributed by atoms with Crippen LogP contribution in [0.2, 0.25) is 0 Å². The van der Waals surface area contributed by atoms with Crippen LogP contribution in [0.4, 0.5) is 0 Å². The molecule has 6 atom stereocenters. The monoisotopic (exact) mass is 260 g/mol. The predicted molar refractivity (Wildman–Crippen MR) is 61.6 cm³/mol. The summed E-state index contributed by atoms with van der Waals surface area (Å²) in [6, 6.07) is -1.35. The van der Waals surface area contributed by atoms with Gasteiger partial charge in [-0.25, -0.2) is 0 Å². The van der Waals surface area contributed by atoms with Crippen molar-refractivity contribution in [2.75, 3.05) is 13.2 Å². The van der Waals surface area contributed by atoms with Crippen molar-refractivity contribution in [1.29, 1.82) is 0 Å². The summed E-state index contributed by atoms with van der Waals surface area (Å²) in [5, 5.41) is 41.7. The van der Waals surface area contributed by atoms with Gasteiger partial charge in [-0.15, -0.1) is 0 Å². The molecule has 1 unspecified atom stereocenters. The van der Waals surface area contributed by atoms with Crippen LogP contribution in [0, 0.1) is 0 Å². The van der Waals surface area contributed by atoms with Gasteiger partial charge in [-0.2, -0.15) is 0 Å². The average Bonchev–Trinajstić information content (AvgIpc) is 2.76. The molecule has 0 aliphatic carbocycles. The number of hydrogen-bond acceptors (Lipinski definition) is 6. The van der Waals surface area contributed by atoms with Gasteiger partial charge in [0, 0.05) is 19.5 Å². The van der Waals surface area contributed by atoms with Crippen LogP contribution in [0.25, 0.3) is 0 Å². The van der Waals surface area contributed by atoms with E-state index in [0.717, 1.165) is 0 Å². The summed E-state index contributed by atoms with van der Waals surface area (Å²) in [4.78, 5) is 12.7. The highest BCUT2D eigenvalue weighted by molar-refractivity contribution is 5.72. The van der Waals surface area contributed by atoms with Crippen LogP contribution in [0.5, 0.6) is 0 Å². The van der Waals surface area contributed by atoms with Gasteiger partial charge in [-0.3, -0.25) is 9.69 Å². The van der Waals surface area contributed by atoms with Crippen molar-refractivity contribution in [2.24, 2.45) is 0 Å². The summed E-state index contributed by atoms with van der Waals surface area (Å²) in [6.07, 6.45) is -2.50. The number of hydrogen-bond donors (Lipinski definition) is 5. The molecule has 0 spiro atoms.